The molecule has 0 aliphatic heterocycles. The smallest absolute Gasteiger partial charge is 0.344 e. The van der Waals surface area contributed by atoms with E-state index in [2.05, 4.69) is 0 Å². The molecule has 3 rings (SSSR count). The molecular formula is C16H8Cl2O4. The average molecular weight is 335 g/mol. The van der Waals surface area contributed by atoms with Crippen molar-refractivity contribution in [2.75, 3.05) is 0 Å². The Morgan fingerprint density at radius 3 is 2.32 bits per heavy atom. The summed E-state index contributed by atoms with van der Waals surface area (Å²) in [5.74, 6) is -1.15. The monoisotopic (exact) mass is 334 g/mol. The number of halogens is 2. The summed E-state index contributed by atoms with van der Waals surface area (Å²) in [5, 5.41) is 9.86. The van der Waals surface area contributed by atoms with Gasteiger partial charge in [-0.05, 0) is 24.3 Å². The Morgan fingerprint density at radius 2 is 1.68 bits per heavy atom. The van der Waals surface area contributed by atoms with E-state index in [-0.39, 0.29) is 26.7 Å². The largest absolute Gasteiger partial charge is 0.478 e. The number of rotatable bonds is 2. The highest BCUT2D eigenvalue weighted by atomic mass is 35.5. The Morgan fingerprint density at radius 1 is 1.05 bits per heavy atom. The van der Waals surface area contributed by atoms with Crippen molar-refractivity contribution in [2.24, 2.45) is 0 Å². The number of benzene rings is 2. The van der Waals surface area contributed by atoms with Crippen LogP contribution in [-0.4, -0.2) is 11.1 Å². The van der Waals surface area contributed by atoms with Crippen molar-refractivity contribution in [3.63, 3.8) is 0 Å². The van der Waals surface area contributed by atoms with Gasteiger partial charge in [0.15, 0.2) is 0 Å². The maximum absolute atomic E-state index is 12.2. The zero-order valence-electron chi connectivity index (χ0n) is 11.0. The van der Waals surface area contributed by atoms with Crippen molar-refractivity contribution in [2.45, 2.75) is 0 Å². The molecular weight excluding hydrogens is 327 g/mol. The van der Waals surface area contributed by atoms with Crippen molar-refractivity contribution >= 4 is 40.1 Å². The summed E-state index contributed by atoms with van der Waals surface area (Å²) >= 11 is 12.2. The predicted molar refractivity (Wildman–Crippen MR) is 84.9 cm³/mol. The van der Waals surface area contributed by atoms with Gasteiger partial charge in [-0.25, -0.2) is 9.59 Å². The third kappa shape index (κ3) is 2.47. The molecule has 2 aromatic carbocycles. The summed E-state index contributed by atoms with van der Waals surface area (Å²) < 4.78 is 5.25. The zero-order valence-corrected chi connectivity index (χ0v) is 12.5. The molecule has 4 nitrogen and oxygen atoms in total. The number of aromatic carboxylic acids is 1. The van der Waals surface area contributed by atoms with Gasteiger partial charge in [0, 0.05) is 10.9 Å². The molecule has 0 spiro atoms. The number of carboxylic acid groups (broad SMARTS) is 1. The third-order valence-electron chi connectivity index (χ3n) is 3.20. The standard InChI is InChI=1S/C16H8Cl2O4/c17-11-6-9(15(19)20)7-12(18)14(11)10-5-8-3-1-2-4-13(8)22-16(10)21/h1-7H,(H,19,20). The molecule has 0 amide bonds. The van der Waals surface area contributed by atoms with E-state index in [0.29, 0.717) is 11.0 Å². The lowest BCUT2D eigenvalue weighted by molar-refractivity contribution is 0.0697. The maximum Gasteiger partial charge on any atom is 0.344 e. The van der Waals surface area contributed by atoms with E-state index in [1.54, 1.807) is 24.3 Å². The Labute approximate surface area is 134 Å². The highest BCUT2D eigenvalue weighted by molar-refractivity contribution is 6.39. The lowest BCUT2D eigenvalue weighted by atomic mass is 10.0. The summed E-state index contributed by atoms with van der Waals surface area (Å²) in [7, 11) is 0. The van der Waals surface area contributed by atoms with E-state index in [1.165, 1.54) is 12.1 Å². The van der Waals surface area contributed by atoms with E-state index >= 15 is 0 Å². The van der Waals surface area contributed by atoms with Gasteiger partial charge in [-0.2, -0.15) is 0 Å². The first-order valence-corrected chi connectivity index (χ1v) is 6.98. The van der Waals surface area contributed by atoms with Crippen LogP contribution in [0.25, 0.3) is 22.1 Å². The summed E-state index contributed by atoms with van der Waals surface area (Å²) in [6, 6.07) is 11.1. The van der Waals surface area contributed by atoms with Crippen LogP contribution in [0, 0.1) is 0 Å². The Hall–Kier alpha value is -2.30. The van der Waals surface area contributed by atoms with Crippen molar-refractivity contribution in [3.8, 4) is 11.1 Å². The Kier molecular flexibility index (Phi) is 3.64. The second-order valence-electron chi connectivity index (χ2n) is 4.61. The molecule has 0 radical (unpaired) electrons. The van der Waals surface area contributed by atoms with Gasteiger partial charge in [-0.1, -0.05) is 41.4 Å². The van der Waals surface area contributed by atoms with Gasteiger partial charge in [-0.3, -0.25) is 0 Å². The average Bonchev–Trinajstić information content (AvgIpc) is 2.46. The van der Waals surface area contributed by atoms with Gasteiger partial charge in [0.1, 0.15) is 5.58 Å². The molecule has 1 N–H and O–H groups in total. The van der Waals surface area contributed by atoms with Crippen LogP contribution in [0.2, 0.25) is 10.0 Å². The summed E-state index contributed by atoms with van der Waals surface area (Å²) in [6.45, 7) is 0. The summed E-state index contributed by atoms with van der Waals surface area (Å²) in [6.07, 6.45) is 0. The topological polar surface area (TPSA) is 67.5 Å². The quantitative estimate of drug-likeness (QED) is 0.702. The van der Waals surface area contributed by atoms with Crippen LogP contribution in [0.5, 0.6) is 0 Å². The fourth-order valence-corrected chi connectivity index (χ4v) is 2.88. The fraction of sp³-hybridized carbons (Fsp3) is 0. The summed E-state index contributed by atoms with van der Waals surface area (Å²) in [5.41, 5.74) is 0.249. The van der Waals surface area contributed by atoms with Gasteiger partial charge < -0.3 is 9.52 Å². The van der Waals surface area contributed by atoms with E-state index in [1.807, 2.05) is 6.07 Å². The van der Waals surface area contributed by atoms with Crippen molar-refractivity contribution in [3.05, 3.63) is 68.5 Å². The van der Waals surface area contributed by atoms with Gasteiger partial charge in [0.05, 0.1) is 21.2 Å². The van der Waals surface area contributed by atoms with Crippen molar-refractivity contribution in [1.82, 2.24) is 0 Å². The lowest BCUT2D eigenvalue weighted by Crippen LogP contribution is -2.04. The van der Waals surface area contributed by atoms with Crippen LogP contribution in [0.15, 0.2) is 51.7 Å². The molecule has 110 valence electrons. The normalized spacial score (nSPS) is 10.8. The molecule has 1 heterocycles. The number of carboxylic acids is 1. The van der Waals surface area contributed by atoms with Gasteiger partial charge in [0.25, 0.3) is 0 Å². The first kappa shape index (κ1) is 14.6. The molecule has 0 saturated heterocycles. The van der Waals surface area contributed by atoms with Crippen molar-refractivity contribution < 1.29 is 14.3 Å². The second kappa shape index (κ2) is 5.48. The molecule has 0 fully saturated rings. The minimum absolute atomic E-state index is 0.0519. The highest BCUT2D eigenvalue weighted by Gasteiger charge is 2.17. The fourth-order valence-electron chi connectivity index (χ4n) is 2.19. The minimum atomic E-state index is -1.15. The molecule has 1 aromatic heterocycles. The number of para-hydroxylation sites is 1. The van der Waals surface area contributed by atoms with Gasteiger partial charge in [0.2, 0.25) is 0 Å². The molecule has 6 heteroatoms. The van der Waals surface area contributed by atoms with Crippen LogP contribution in [0.1, 0.15) is 10.4 Å². The van der Waals surface area contributed by atoms with Crippen LogP contribution in [0.3, 0.4) is 0 Å². The predicted octanol–water partition coefficient (Wildman–Crippen LogP) is 4.47. The molecule has 0 atom stereocenters. The highest BCUT2D eigenvalue weighted by Crippen LogP contribution is 2.35. The molecule has 0 unspecified atom stereocenters. The molecule has 0 saturated carbocycles. The number of fused-ring (bicyclic) bond motifs is 1. The second-order valence-corrected chi connectivity index (χ2v) is 5.42. The van der Waals surface area contributed by atoms with E-state index in [9.17, 15) is 9.59 Å². The lowest BCUT2D eigenvalue weighted by Gasteiger charge is -2.08. The van der Waals surface area contributed by atoms with Gasteiger partial charge >= 0.3 is 11.6 Å². The first-order chi connectivity index (χ1) is 10.5. The van der Waals surface area contributed by atoms with E-state index in [0.717, 1.165) is 0 Å². The minimum Gasteiger partial charge on any atom is -0.478 e. The zero-order chi connectivity index (χ0) is 15.9. The maximum atomic E-state index is 12.2. The van der Waals surface area contributed by atoms with Crippen LogP contribution < -0.4 is 5.63 Å². The summed E-state index contributed by atoms with van der Waals surface area (Å²) in [4.78, 5) is 23.2. The molecule has 22 heavy (non-hydrogen) atoms. The Balaban J connectivity index is 2.30. The number of hydrogen-bond donors (Lipinski definition) is 1. The van der Waals surface area contributed by atoms with E-state index < -0.39 is 11.6 Å². The molecule has 0 aliphatic carbocycles. The van der Waals surface area contributed by atoms with E-state index in [4.69, 9.17) is 32.7 Å². The van der Waals surface area contributed by atoms with Crippen molar-refractivity contribution in [1.29, 1.82) is 0 Å². The third-order valence-corrected chi connectivity index (χ3v) is 3.80. The molecule has 0 aliphatic rings. The van der Waals surface area contributed by atoms with Crippen LogP contribution in [-0.2, 0) is 0 Å². The molecule has 0 bridgehead atoms. The van der Waals surface area contributed by atoms with Crippen LogP contribution >= 0.6 is 23.2 Å². The number of carbonyl (C=O) groups is 1. The van der Waals surface area contributed by atoms with Gasteiger partial charge in [-0.15, -0.1) is 0 Å². The number of hydrogen-bond acceptors (Lipinski definition) is 3. The SMILES string of the molecule is O=C(O)c1cc(Cl)c(-c2cc3ccccc3oc2=O)c(Cl)c1. The van der Waals surface area contributed by atoms with Crippen LogP contribution in [0.4, 0.5) is 0 Å². The molecule has 3 aromatic rings. The first-order valence-electron chi connectivity index (χ1n) is 6.23. The Bertz CT molecular complexity index is 937.